The van der Waals surface area contributed by atoms with Gasteiger partial charge in [0.25, 0.3) is 0 Å². The molecule has 2 rings (SSSR count). The van der Waals surface area contributed by atoms with E-state index in [9.17, 15) is 13.2 Å². The van der Waals surface area contributed by atoms with Crippen LogP contribution in [0.15, 0.2) is 24.3 Å². The molecule has 2 atom stereocenters. The van der Waals surface area contributed by atoms with Crippen LogP contribution in [0.3, 0.4) is 0 Å². The molecule has 122 valence electrons. The Hall–Kier alpha value is -1.60. The molecule has 7 heteroatoms. The summed E-state index contributed by atoms with van der Waals surface area (Å²) in [5.74, 6) is -0.339. The first-order chi connectivity index (χ1) is 10.2. The first-order valence-electron chi connectivity index (χ1n) is 7.35. The van der Waals surface area contributed by atoms with Crippen molar-refractivity contribution in [2.45, 2.75) is 38.1 Å². The molecule has 0 spiro atoms. The van der Waals surface area contributed by atoms with Crippen molar-refractivity contribution in [1.82, 2.24) is 0 Å². The fraction of sp³-hybridized carbons (Fsp3) is 0.533. The summed E-state index contributed by atoms with van der Waals surface area (Å²) < 4.78 is 24.9. The number of rotatable bonds is 4. The van der Waals surface area contributed by atoms with Gasteiger partial charge in [-0.15, -0.1) is 0 Å². The van der Waals surface area contributed by atoms with Gasteiger partial charge in [-0.05, 0) is 38.0 Å². The highest BCUT2D eigenvalue weighted by Crippen LogP contribution is 2.32. The number of nitrogens with two attached hydrogens (primary N) is 1. The monoisotopic (exact) mass is 325 g/mol. The number of hydrogen-bond acceptors (Lipinski definition) is 4. The minimum Gasteiger partial charge on any atom is -0.326 e. The van der Waals surface area contributed by atoms with E-state index in [0.717, 1.165) is 31.9 Å². The fourth-order valence-corrected chi connectivity index (χ4v) is 3.45. The van der Waals surface area contributed by atoms with E-state index in [1.165, 1.54) is 0 Å². The molecule has 6 nitrogen and oxygen atoms in total. The number of anilines is 2. The van der Waals surface area contributed by atoms with Crippen LogP contribution < -0.4 is 15.8 Å². The average molecular weight is 325 g/mol. The Morgan fingerprint density at radius 2 is 2.00 bits per heavy atom. The molecule has 1 aromatic carbocycles. The second-order valence-electron chi connectivity index (χ2n) is 6.25. The Balaban J connectivity index is 2.10. The SMILES string of the molecule is CC1(N)CCCCC1C(=O)Nc1cccc(NS(C)(=O)=O)c1. The van der Waals surface area contributed by atoms with Gasteiger partial charge in [-0.2, -0.15) is 0 Å². The highest BCUT2D eigenvalue weighted by molar-refractivity contribution is 7.92. The van der Waals surface area contributed by atoms with E-state index >= 15 is 0 Å². The number of nitrogens with one attached hydrogen (secondary N) is 2. The summed E-state index contributed by atoms with van der Waals surface area (Å²) in [6.07, 6.45) is 4.74. The summed E-state index contributed by atoms with van der Waals surface area (Å²) in [5, 5.41) is 2.84. The van der Waals surface area contributed by atoms with Crippen molar-refractivity contribution in [1.29, 1.82) is 0 Å². The van der Waals surface area contributed by atoms with Crippen molar-refractivity contribution in [3.05, 3.63) is 24.3 Å². The topological polar surface area (TPSA) is 101 Å². The highest BCUT2D eigenvalue weighted by Gasteiger charge is 2.37. The van der Waals surface area contributed by atoms with E-state index in [-0.39, 0.29) is 11.8 Å². The number of sulfonamides is 1. The van der Waals surface area contributed by atoms with Crippen molar-refractivity contribution >= 4 is 27.3 Å². The number of carbonyl (C=O) groups is 1. The Kier molecular flexibility index (Phi) is 4.77. The maximum Gasteiger partial charge on any atom is 0.229 e. The summed E-state index contributed by atoms with van der Waals surface area (Å²) in [6.45, 7) is 1.91. The maximum absolute atomic E-state index is 12.4. The van der Waals surface area contributed by atoms with Crippen molar-refractivity contribution < 1.29 is 13.2 Å². The molecular formula is C15H23N3O3S. The molecule has 22 heavy (non-hydrogen) atoms. The van der Waals surface area contributed by atoms with E-state index in [0.29, 0.717) is 11.4 Å². The van der Waals surface area contributed by atoms with Crippen molar-refractivity contribution in [3.63, 3.8) is 0 Å². The second-order valence-corrected chi connectivity index (χ2v) is 8.00. The van der Waals surface area contributed by atoms with Gasteiger partial charge >= 0.3 is 0 Å². The van der Waals surface area contributed by atoms with Crippen LogP contribution in [0.25, 0.3) is 0 Å². The molecule has 1 aliphatic carbocycles. The number of hydrogen-bond donors (Lipinski definition) is 3. The minimum atomic E-state index is -3.34. The molecule has 0 heterocycles. The zero-order chi connectivity index (χ0) is 16.4. The maximum atomic E-state index is 12.4. The Morgan fingerprint density at radius 3 is 2.64 bits per heavy atom. The molecule has 1 fully saturated rings. The normalized spacial score (nSPS) is 25.5. The molecule has 1 aromatic rings. The van der Waals surface area contributed by atoms with E-state index < -0.39 is 15.6 Å². The molecular weight excluding hydrogens is 302 g/mol. The molecule has 1 aliphatic rings. The summed E-state index contributed by atoms with van der Waals surface area (Å²) in [7, 11) is -3.34. The van der Waals surface area contributed by atoms with Crippen molar-refractivity contribution in [2.24, 2.45) is 11.7 Å². The van der Waals surface area contributed by atoms with Gasteiger partial charge in [0.15, 0.2) is 0 Å². The minimum absolute atomic E-state index is 0.110. The predicted molar refractivity (Wildman–Crippen MR) is 88.1 cm³/mol. The summed E-state index contributed by atoms with van der Waals surface area (Å²) in [5.41, 5.74) is 6.71. The standard InChI is InChI=1S/C15H23N3O3S/c1-15(16)9-4-3-8-13(15)14(19)17-11-6-5-7-12(10-11)18-22(2,20)21/h5-7,10,13,18H,3-4,8-9,16H2,1-2H3,(H,17,19). The fourth-order valence-electron chi connectivity index (χ4n) is 2.89. The predicted octanol–water partition coefficient (Wildman–Crippen LogP) is 1.90. The van der Waals surface area contributed by atoms with Crippen LogP contribution in [-0.2, 0) is 14.8 Å². The van der Waals surface area contributed by atoms with Crippen LogP contribution in [0.1, 0.15) is 32.6 Å². The quantitative estimate of drug-likeness (QED) is 0.787. The third kappa shape index (κ3) is 4.45. The molecule has 1 amide bonds. The van der Waals surface area contributed by atoms with E-state index in [1.54, 1.807) is 24.3 Å². The van der Waals surface area contributed by atoms with Crippen LogP contribution in [-0.4, -0.2) is 26.1 Å². The third-order valence-corrected chi connectivity index (χ3v) is 4.61. The average Bonchev–Trinajstić information content (AvgIpc) is 2.36. The molecule has 0 bridgehead atoms. The number of benzene rings is 1. The van der Waals surface area contributed by atoms with Gasteiger partial charge in [0, 0.05) is 11.2 Å². The zero-order valence-electron chi connectivity index (χ0n) is 12.9. The Morgan fingerprint density at radius 1 is 1.32 bits per heavy atom. The largest absolute Gasteiger partial charge is 0.326 e. The van der Waals surface area contributed by atoms with Crippen LogP contribution in [0.4, 0.5) is 11.4 Å². The molecule has 2 unspecified atom stereocenters. The zero-order valence-corrected chi connectivity index (χ0v) is 13.7. The van der Waals surface area contributed by atoms with Crippen LogP contribution in [0.2, 0.25) is 0 Å². The second kappa shape index (κ2) is 6.26. The first kappa shape index (κ1) is 16.8. The van der Waals surface area contributed by atoms with Crippen molar-refractivity contribution in [3.8, 4) is 0 Å². The summed E-state index contributed by atoms with van der Waals surface area (Å²) in [6, 6.07) is 6.63. The summed E-state index contributed by atoms with van der Waals surface area (Å²) in [4.78, 5) is 12.4. The Bertz CT molecular complexity index is 656. The summed E-state index contributed by atoms with van der Waals surface area (Å²) >= 11 is 0. The molecule has 1 saturated carbocycles. The van der Waals surface area contributed by atoms with Gasteiger partial charge in [0.05, 0.1) is 17.9 Å². The molecule has 0 aliphatic heterocycles. The van der Waals surface area contributed by atoms with Gasteiger partial charge in [-0.3, -0.25) is 9.52 Å². The third-order valence-electron chi connectivity index (χ3n) is 4.00. The van der Waals surface area contributed by atoms with Gasteiger partial charge < -0.3 is 11.1 Å². The van der Waals surface area contributed by atoms with Gasteiger partial charge in [-0.1, -0.05) is 18.9 Å². The lowest BCUT2D eigenvalue weighted by molar-refractivity contribution is -0.122. The lowest BCUT2D eigenvalue weighted by atomic mass is 9.74. The van der Waals surface area contributed by atoms with Gasteiger partial charge in [-0.25, -0.2) is 8.42 Å². The lowest BCUT2D eigenvalue weighted by Gasteiger charge is -2.37. The van der Waals surface area contributed by atoms with Crippen LogP contribution >= 0.6 is 0 Å². The van der Waals surface area contributed by atoms with E-state index in [1.807, 2.05) is 6.92 Å². The first-order valence-corrected chi connectivity index (χ1v) is 9.24. The molecule has 4 N–H and O–H groups in total. The lowest BCUT2D eigenvalue weighted by Crippen LogP contribution is -2.51. The van der Waals surface area contributed by atoms with Gasteiger partial charge in [0.2, 0.25) is 15.9 Å². The van der Waals surface area contributed by atoms with Gasteiger partial charge in [0.1, 0.15) is 0 Å². The number of carbonyl (C=O) groups excluding carboxylic acids is 1. The number of amides is 1. The molecule has 0 aromatic heterocycles. The smallest absolute Gasteiger partial charge is 0.229 e. The van der Waals surface area contributed by atoms with E-state index in [2.05, 4.69) is 10.0 Å². The Labute approximate surface area is 131 Å². The van der Waals surface area contributed by atoms with Crippen molar-refractivity contribution in [2.75, 3.05) is 16.3 Å². The molecule has 0 saturated heterocycles. The highest BCUT2D eigenvalue weighted by atomic mass is 32.2. The molecule has 0 radical (unpaired) electrons. The van der Waals surface area contributed by atoms with E-state index in [4.69, 9.17) is 5.73 Å². The van der Waals surface area contributed by atoms with Crippen LogP contribution in [0.5, 0.6) is 0 Å². The van der Waals surface area contributed by atoms with Crippen LogP contribution in [0, 0.1) is 5.92 Å².